The lowest BCUT2D eigenvalue weighted by molar-refractivity contribution is -0.138. The average Bonchev–Trinajstić information content (AvgIpc) is 3.12. The predicted octanol–water partition coefficient (Wildman–Crippen LogP) is 2.46. The van der Waals surface area contributed by atoms with E-state index in [1.807, 2.05) is 35.3 Å². The number of rotatable bonds is 10. The number of aromatic nitrogens is 2. The number of halogens is 1. The van der Waals surface area contributed by atoms with E-state index in [1.165, 1.54) is 19.1 Å². The number of alkyl halides is 1. The molecule has 39 heavy (non-hydrogen) atoms. The summed E-state index contributed by atoms with van der Waals surface area (Å²) in [4.78, 5) is 36.9. The molecule has 1 fully saturated rings. The second kappa shape index (κ2) is 11.2. The Morgan fingerprint density at radius 3 is 2.44 bits per heavy atom. The Balaban J connectivity index is 1.53. The van der Waals surface area contributed by atoms with Crippen LogP contribution in [0.2, 0.25) is 0 Å². The lowest BCUT2D eigenvalue weighted by Gasteiger charge is -2.25. The zero-order chi connectivity index (χ0) is 28.4. The van der Waals surface area contributed by atoms with Gasteiger partial charge in [0.05, 0.1) is 6.61 Å². The molecule has 208 valence electrons. The Labute approximate surface area is 221 Å². The topological polar surface area (TPSA) is 169 Å². The van der Waals surface area contributed by atoms with Gasteiger partial charge in [0, 0.05) is 12.3 Å². The maximum atomic E-state index is 15.5. The number of carboxylic acids is 1. The number of aliphatic hydroxyl groups is 1. The third kappa shape index (κ3) is 6.35. The van der Waals surface area contributed by atoms with E-state index >= 15 is 4.39 Å². The highest BCUT2D eigenvalue weighted by atomic mass is 31.2. The van der Waals surface area contributed by atoms with E-state index in [-0.39, 0.29) is 5.75 Å². The zero-order valence-electron chi connectivity index (χ0n) is 20.9. The number of nitrogens with zero attached hydrogens (tertiary/aromatic N) is 1. The molecular weight excluding hydrogens is 536 g/mol. The van der Waals surface area contributed by atoms with E-state index in [4.69, 9.17) is 13.8 Å². The average molecular weight is 563 g/mol. The van der Waals surface area contributed by atoms with Gasteiger partial charge in [-0.25, -0.2) is 13.8 Å². The van der Waals surface area contributed by atoms with E-state index in [1.54, 1.807) is 12.1 Å². The van der Waals surface area contributed by atoms with Gasteiger partial charge in [-0.1, -0.05) is 42.5 Å². The van der Waals surface area contributed by atoms with Crippen molar-refractivity contribution in [1.29, 1.82) is 0 Å². The van der Waals surface area contributed by atoms with Crippen molar-refractivity contribution < 1.29 is 37.7 Å². The van der Waals surface area contributed by atoms with Gasteiger partial charge in [-0.2, -0.15) is 5.09 Å². The van der Waals surface area contributed by atoms with E-state index in [2.05, 4.69) is 5.09 Å². The number of nitrogens with one attached hydrogen (secondary N) is 2. The van der Waals surface area contributed by atoms with E-state index in [9.17, 15) is 29.2 Å². The number of carbonyl (C=O) groups is 1. The second-order valence-corrected chi connectivity index (χ2v) is 10.8. The number of aliphatic hydroxyl groups excluding tert-OH is 1. The van der Waals surface area contributed by atoms with Gasteiger partial charge in [-0.3, -0.25) is 23.7 Å². The quantitative estimate of drug-likeness (QED) is 0.269. The molecule has 0 saturated carbocycles. The van der Waals surface area contributed by atoms with Crippen LogP contribution in [0.3, 0.4) is 0 Å². The van der Waals surface area contributed by atoms with Gasteiger partial charge in [0.1, 0.15) is 24.0 Å². The summed E-state index contributed by atoms with van der Waals surface area (Å²) in [6, 6.07) is 15.5. The molecule has 1 unspecified atom stereocenters. The van der Waals surface area contributed by atoms with Crippen molar-refractivity contribution in [2.45, 2.75) is 44.0 Å². The molecule has 0 radical (unpaired) electrons. The molecule has 2 heterocycles. The first-order valence-corrected chi connectivity index (χ1v) is 13.4. The molecule has 4 N–H and O–H groups in total. The standard InChI is InChI=1S/C25H27FN3O9P/c1-15(22(32)33)28-39(35,38-18-10-8-17(9-11-18)16-6-4-3-5-7-16)36-14-19-21(31)25(2,26)23(37-19)29-13-12-20(30)27-24(29)34/h3-13,15,19,21,23,31H,14H2,1-2H3,(H,28,35)(H,32,33)(H,27,30,34)/t15-,19+,21+,23+,25+,39?/m0/s1. The van der Waals surface area contributed by atoms with Crippen molar-refractivity contribution in [3.8, 4) is 16.9 Å². The summed E-state index contributed by atoms with van der Waals surface area (Å²) in [7, 11) is -4.43. The summed E-state index contributed by atoms with van der Waals surface area (Å²) in [6.45, 7) is 1.52. The number of benzene rings is 2. The maximum Gasteiger partial charge on any atom is 0.459 e. The second-order valence-electron chi connectivity index (χ2n) is 9.10. The molecular formula is C25H27FN3O9P. The highest BCUT2D eigenvalue weighted by molar-refractivity contribution is 7.52. The summed E-state index contributed by atoms with van der Waals surface area (Å²) in [5.74, 6) is -1.25. The molecule has 1 aliphatic heterocycles. The maximum absolute atomic E-state index is 15.5. The van der Waals surface area contributed by atoms with Crippen molar-refractivity contribution in [1.82, 2.24) is 14.6 Å². The van der Waals surface area contributed by atoms with Crippen LogP contribution >= 0.6 is 7.75 Å². The van der Waals surface area contributed by atoms with Crippen LogP contribution in [-0.4, -0.2) is 56.3 Å². The normalized spacial score (nSPS) is 25.1. The van der Waals surface area contributed by atoms with Crippen LogP contribution in [0.1, 0.15) is 20.1 Å². The van der Waals surface area contributed by atoms with Crippen LogP contribution in [0.5, 0.6) is 5.75 Å². The highest BCUT2D eigenvalue weighted by Crippen LogP contribution is 2.47. The van der Waals surface area contributed by atoms with Gasteiger partial charge in [-0.05, 0) is 37.1 Å². The van der Waals surface area contributed by atoms with E-state index < -0.39 is 61.7 Å². The summed E-state index contributed by atoms with van der Waals surface area (Å²) >= 11 is 0. The molecule has 12 nitrogen and oxygen atoms in total. The highest BCUT2D eigenvalue weighted by Gasteiger charge is 2.55. The van der Waals surface area contributed by atoms with Gasteiger partial charge >= 0.3 is 19.4 Å². The number of hydrogen-bond donors (Lipinski definition) is 4. The number of aliphatic carboxylic acids is 1. The van der Waals surface area contributed by atoms with Crippen LogP contribution < -0.4 is 20.9 Å². The van der Waals surface area contributed by atoms with Gasteiger partial charge in [0.25, 0.3) is 5.56 Å². The molecule has 0 bridgehead atoms. The van der Waals surface area contributed by atoms with Crippen LogP contribution in [0.15, 0.2) is 76.4 Å². The van der Waals surface area contributed by atoms with E-state index in [0.717, 1.165) is 34.9 Å². The molecule has 1 aliphatic rings. The third-order valence-electron chi connectivity index (χ3n) is 6.14. The summed E-state index contributed by atoms with van der Waals surface area (Å²) in [6.07, 6.45) is -3.93. The summed E-state index contributed by atoms with van der Waals surface area (Å²) in [5, 5.41) is 22.2. The molecule has 2 aromatic carbocycles. The smallest absolute Gasteiger partial charge is 0.459 e. The summed E-state index contributed by atoms with van der Waals surface area (Å²) < 4.78 is 46.3. The van der Waals surface area contributed by atoms with E-state index in [0.29, 0.717) is 0 Å². The molecule has 1 aromatic heterocycles. The van der Waals surface area contributed by atoms with Gasteiger partial charge < -0.3 is 19.5 Å². The first-order chi connectivity index (χ1) is 18.4. The van der Waals surface area contributed by atoms with Gasteiger partial charge in [-0.15, -0.1) is 0 Å². The zero-order valence-corrected chi connectivity index (χ0v) is 21.8. The lowest BCUT2D eigenvalue weighted by Crippen LogP contribution is -2.43. The van der Waals surface area contributed by atoms with Crippen LogP contribution in [-0.2, 0) is 18.6 Å². The Hall–Kier alpha value is -3.61. The minimum atomic E-state index is -4.43. The number of ether oxygens (including phenoxy) is 1. The largest absolute Gasteiger partial charge is 0.480 e. The Kier molecular flexibility index (Phi) is 8.19. The summed E-state index contributed by atoms with van der Waals surface area (Å²) in [5.41, 5.74) is -2.41. The minimum absolute atomic E-state index is 0.0870. The van der Waals surface area contributed by atoms with Crippen molar-refractivity contribution in [3.05, 3.63) is 87.7 Å². The van der Waals surface area contributed by atoms with Crippen molar-refractivity contribution in [2.75, 3.05) is 6.61 Å². The fourth-order valence-electron chi connectivity index (χ4n) is 3.99. The van der Waals surface area contributed by atoms with Crippen LogP contribution in [0.25, 0.3) is 11.1 Å². The monoisotopic (exact) mass is 563 g/mol. The third-order valence-corrected chi connectivity index (χ3v) is 7.78. The Bertz CT molecular complexity index is 1480. The fourth-order valence-corrected chi connectivity index (χ4v) is 5.50. The number of aromatic amines is 1. The first-order valence-electron chi connectivity index (χ1n) is 11.8. The van der Waals surface area contributed by atoms with Gasteiger partial charge in [0.2, 0.25) is 0 Å². The molecule has 4 rings (SSSR count). The molecule has 6 atom stereocenters. The van der Waals surface area contributed by atoms with Crippen LogP contribution in [0.4, 0.5) is 4.39 Å². The van der Waals surface area contributed by atoms with Crippen molar-refractivity contribution in [3.63, 3.8) is 0 Å². The minimum Gasteiger partial charge on any atom is -0.480 e. The molecule has 14 heteroatoms. The number of carboxylic acid groups (broad SMARTS) is 1. The van der Waals surface area contributed by atoms with Gasteiger partial charge in [0.15, 0.2) is 11.9 Å². The lowest BCUT2D eigenvalue weighted by atomic mass is 9.98. The molecule has 1 saturated heterocycles. The Morgan fingerprint density at radius 1 is 1.18 bits per heavy atom. The molecule has 3 aromatic rings. The Morgan fingerprint density at radius 2 is 1.82 bits per heavy atom. The molecule has 0 amide bonds. The number of H-pyrrole nitrogens is 1. The van der Waals surface area contributed by atoms with Crippen LogP contribution in [0, 0.1) is 0 Å². The first kappa shape index (κ1) is 28.4. The number of hydrogen-bond acceptors (Lipinski definition) is 8. The molecule has 0 aliphatic carbocycles. The fraction of sp³-hybridized carbons (Fsp3) is 0.320. The van der Waals surface area contributed by atoms with Crippen molar-refractivity contribution >= 4 is 13.7 Å². The van der Waals surface area contributed by atoms with Crippen molar-refractivity contribution in [2.24, 2.45) is 0 Å². The SMILES string of the molecule is C[C@H](NP(=O)(OC[C@H]1O[C@@H](n2ccc(=O)[nH]c2=O)[C@](C)(F)[C@@H]1O)Oc1ccc(-c2ccccc2)cc1)C(=O)O. The molecule has 0 spiro atoms. The predicted molar refractivity (Wildman–Crippen MR) is 137 cm³/mol.